The van der Waals surface area contributed by atoms with Crippen LogP contribution in [0.3, 0.4) is 0 Å². The summed E-state index contributed by atoms with van der Waals surface area (Å²) in [6.45, 7) is 0.309. The number of amides is 2. The van der Waals surface area contributed by atoms with Gasteiger partial charge in [-0.05, 0) is 6.07 Å². The van der Waals surface area contributed by atoms with E-state index in [2.05, 4.69) is 0 Å². The molecule has 1 aliphatic rings. The maximum atomic E-state index is 12.5. The van der Waals surface area contributed by atoms with Crippen molar-refractivity contribution in [1.29, 1.82) is 0 Å². The van der Waals surface area contributed by atoms with Gasteiger partial charge < -0.3 is 19.9 Å². The molecule has 0 bridgehead atoms. The lowest BCUT2D eigenvalue weighted by molar-refractivity contribution is -0.121. The fourth-order valence-corrected chi connectivity index (χ4v) is 2.73. The SMILES string of the molecule is CO[C@H]1C[C@@H](C(N)=O)N(C(=O)c2cc(Cl)c(Cl)n2C)C1. The highest BCUT2D eigenvalue weighted by Crippen LogP contribution is 2.28. The van der Waals surface area contributed by atoms with Crippen LogP contribution in [-0.4, -0.2) is 47.1 Å². The lowest BCUT2D eigenvalue weighted by Crippen LogP contribution is -2.44. The van der Waals surface area contributed by atoms with Gasteiger partial charge in [0.1, 0.15) is 16.9 Å². The van der Waals surface area contributed by atoms with Crippen LogP contribution in [0, 0.1) is 0 Å². The zero-order valence-electron chi connectivity index (χ0n) is 11.1. The van der Waals surface area contributed by atoms with Crippen LogP contribution in [0.2, 0.25) is 10.2 Å². The Balaban J connectivity index is 2.31. The van der Waals surface area contributed by atoms with Crippen LogP contribution in [0.25, 0.3) is 0 Å². The van der Waals surface area contributed by atoms with Gasteiger partial charge in [0.05, 0.1) is 11.1 Å². The number of methoxy groups -OCH3 is 1. The summed E-state index contributed by atoms with van der Waals surface area (Å²) in [4.78, 5) is 25.4. The predicted molar refractivity (Wildman–Crippen MR) is 74.9 cm³/mol. The van der Waals surface area contributed by atoms with E-state index in [9.17, 15) is 9.59 Å². The van der Waals surface area contributed by atoms with Gasteiger partial charge in [0, 0.05) is 27.1 Å². The molecule has 20 heavy (non-hydrogen) atoms. The molecule has 110 valence electrons. The summed E-state index contributed by atoms with van der Waals surface area (Å²) < 4.78 is 6.68. The van der Waals surface area contributed by atoms with Crippen molar-refractivity contribution in [3.05, 3.63) is 21.9 Å². The molecular weight excluding hydrogens is 305 g/mol. The highest BCUT2D eigenvalue weighted by Gasteiger charge is 2.39. The molecule has 0 spiro atoms. The topological polar surface area (TPSA) is 77.6 Å². The number of carbonyl (C=O) groups excluding carboxylic acids is 2. The number of hydrogen-bond donors (Lipinski definition) is 1. The third-order valence-electron chi connectivity index (χ3n) is 3.52. The Hall–Kier alpha value is -1.24. The minimum atomic E-state index is -0.681. The van der Waals surface area contributed by atoms with Gasteiger partial charge in [-0.2, -0.15) is 0 Å². The summed E-state index contributed by atoms with van der Waals surface area (Å²) in [6.07, 6.45) is 0.186. The number of primary amides is 1. The number of halogens is 2. The van der Waals surface area contributed by atoms with Crippen molar-refractivity contribution in [1.82, 2.24) is 9.47 Å². The smallest absolute Gasteiger partial charge is 0.271 e. The zero-order valence-corrected chi connectivity index (χ0v) is 12.6. The number of nitrogens with zero attached hydrogens (tertiary/aromatic N) is 2. The van der Waals surface area contributed by atoms with Gasteiger partial charge in [-0.15, -0.1) is 0 Å². The van der Waals surface area contributed by atoms with Crippen molar-refractivity contribution < 1.29 is 14.3 Å². The van der Waals surface area contributed by atoms with Crippen molar-refractivity contribution in [3.8, 4) is 0 Å². The molecule has 1 fully saturated rings. The van der Waals surface area contributed by atoms with Gasteiger partial charge in [0.25, 0.3) is 5.91 Å². The van der Waals surface area contributed by atoms with Crippen LogP contribution in [0.5, 0.6) is 0 Å². The Morgan fingerprint density at radius 3 is 2.55 bits per heavy atom. The second-order valence-corrected chi connectivity index (χ2v) is 5.46. The molecule has 1 saturated heterocycles. The largest absolute Gasteiger partial charge is 0.380 e. The summed E-state index contributed by atoms with van der Waals surface area (Å²) in [6, 6.07) is 0.796. The van der Waals surface area contributed by atoms with E-state index >= 15 is 0 Å². The minimum Gasteiger partial charge on any atom is -0.380 e. The number of aromatic nitrogens is 1. The van der Waals surface area contributed by atoms with E-state index in [1.807, 2.05) is 0 Å². The molecule has 1 aromatic rings. The van der Waals surface area contributed by atoms with Crippen molar-refractivity contribution in [2.45, 2.75) is 18.6 Å². The van der Waals surface area contributed by atoms with E-state index in [1.54, 1.807) is 7.05 Å². The van der Waals surface area contributed by atoms with Crippen LogP contribution in [0.1, 0.15) is 16.9 Å². The molecule has 0 radical (unpaired) electrons. The average molecular weight is 320 g/mol. The average Bonchev–Trinajstić information content (AvgIpc) is 2.95. The lowest BCUT2D eigenvalue weighted by atomic mass is 10.2. The summed E-state index contributed by atoms with van der Waals surface area (Å²) in [5.74, 6) is -0.894. The van der Waals surface area contributed by atoms with Gasteiger partial charge in [0.2, 0.25) is 5.91 Å². The van der Waals surface area contributed by atoms with Gasteiger partial charge in [-0.25, -0.2) is 0 Å². The summed E-state index contributed by atoms with van der Waals surface area (Å²) in [5.41, 5.74) is 5.66. The number of nitrogens with two attached hydrogens (primary N) is 1. The number of likely N-dealkylation sites (tertiary alicyclic amines) is 1. The molecule has 0 aliphatic carbocycles. The van der Waals surface area contributed by atoms with E-state index in [0.717, 1.165) is 0 Å². The summed E-state index contributed by atoms with van der Waals surface area (Å²) >= 11 is 11.8. The molecule has 2 rings (SSSR count). The van der Waals surface area contributed by atoms with Crippen LogP contribution < -0.4 is 5.73 Å². The maximum absolute atomic E-state index is 12.5. The molecule has 2 N–H and O–H groups in total. The number of rotatable bonds is 3. The quantitative estimate of drug-likeness (QED) is 0.904. The monoisotopic (exact) mass is 319 g/mol. The van der Waals surface area contributed by atoms with Crippen molar-refractivity contribution in [2.24, 2.45) is 12.8 Å². The Kier molecular flexibility index (Phi) is 4.27. The van der Waals surface area contributed by atoms with E-state index in [0.29, 0.717) is 18.7 Å². The highest BCUT2D eigenvalue weighted by molar-refractivity contribution is 6.41. The Bertz CT molecular complexity index is 558. The number of hydrogen-bond acceptors (Lipinski definition) is 3. The maximum Gasteiger partial charge on any atom is 0.271 e. The Morgan fingerprint density at radius 1 is 1.45 bits per heavy atom. The molecule has 0 saturated carbocycles. The van der Waals surface area contributed by atoms with Crippen LogP contribution in [-0.2, 0) is 16.6 Å². The molecule has 2 amide bonds. The van der Waals surface area contributed by atoms with Gasteiger partial charge >= 0.3 is 0 Å². The standard InChI is InChI=1S/C12H15Cl2N3O3/c1-16-9(4-7(13)10(16)14)12(19)17-5-6(20-2)3-8(17)11(15)18/h4,6,8H,3,5H2,1-2H3,(H2,15,18)/t6-,8-/m0/s1. The Labute approximate surface area is 126 Å². The first-order valence-corrected chi connectivity index (χ1v) is 6.76. The highest BCUT2D eigenvalue weighted by atomic mass is 35.5. The normalized spacial score (nSPS) is 22.3. The molecule has 8 heteroatoms. The molecule has 0 aromatic carbocycles. The molecular formula is C12H15Cl2N3O3. The molecule has 0 unspecified atom stereocenters. The summed E-state index contributed by atoms with van der Waals surface area (Å²) in [5, 5.41) is 0.559. The first-order chi connectivity index (χ1) is 9.36. The van der Waals surface area contributed by atoms with E-state index in [4.69, 9.17) is 33.7 Å². The van der Waals surface area contributed by atoms with Crippen molar-refractivity contribution in [2.75, 3.05) is 13.7 Å². The van der Waals surface area contributed by atoms with Crippen LogP contribution in [0.4, 0.5) is 0 Å². The molecule has 6 nitrogen and oxygen atoms in total. The number of ether oxygens (including phenoxy) is 1. The van der Waals surface area contributed by atoms with Crippen LogP contribution >= 0.6 is 23.2 Å². The van der Waals surface area contributed by atoms with E-state index < -0.39 is 11.9 Å². The first kappa shape index (κ1) is 15.2. The molecule has 2 atom stereocenters. The lowest BCUT2D eigenvalue weighted by Gasteiger charge is -2.22. The van der Waals surface area contributed by atoms with Crippen LogP contribution in [0.15, 0.2) is 6.07 Å². The van der Waals surface area contributed by atoms with Gasteiger partial charge in [-0.3, -0.25) is 9.59 Å². The minimum absolute atomic E-state index is 0.206. The second kappa shape index (κ2) is 5.63. The first-order valence-electron chi connectivity index (χ1n) is 6.00. The number of carbonyl (C=O) groups is 2. The molecule has 1 aromatic heterocycles. The third kappa shape index (κ3) is 2.51. The van der Waals surface area contributed by atoms with Crippen molar-refractivity contribution >= 4 is 35.0 Å². The fraction of sp³-hybridized carbons (Fsp3) is 0.500. The van der Waals surface area contributed by atoms with Gasteiger partial charge in [0.15, 0.2) is 0 Å². The van der Waals surface area contributed by atoms with Gasteiger partial charge in [-0.1, -0.05) is 23.2 Å². The second-order valence-electron chi connectivity index (χ2n) is 4.70. The van der Waals surface area contributed by atoms with E-state index in [-0.39, 0.29) is 22.2 Å². The van der Waals surface area contributed by atoms with E-state index in [1.165, 1.54) is 22.6 Å². The molecule has 1 aliphatic heterocycles. The Morgan fingerprint density at radius 2 is 2.10 bits per heavy atom. The third-order valence-corrected chi connectivity index (χ3v) is 4.36. The zero-order chi connectivity index (χ0) is 15.0. The predicted octanol–water partition coefficient (Wildman–Crippen LogP) is 1.05. The molecule has 2 heterocycles. The fourth-order valence-electron chi connectivity index (χ4n) is 2.36. The van der Waals surface area contributed by atoms with Crippen molar-refractivity contribution in [3.63, 3.8) is 0 Å². The summed E-state index contributed by atoms with van der Waals surface area (Å²) in [7, 11) is 3.16.